The fourth-order valence-corrected chi connectivity index (χ4v) is 5.39. The number of rotatable bonds is 8. The molecule has 8 nitrogen and oxygen atoms in total. The molecule has 1 atom stereocenters. The first-order chi connectivity index (χ1) is 15.8. The van der Waals surface area contributed by atoms with E-state index in [1.54, 1.807) is 29.2 Å². The second-order valence-electron chi connectivity index (χ2n) is 7.78. The summed E-state index contributed by atoms with van der Waals surface area (Å²) in [6.07, 6.45) is 0.379. The normalized spacial score (nSPS) is 15.7. The Labute approximate surface area is 197 Å². The van der Waals surface area contributed by atoms with Gasteiger partial charge in [0.15, 0.2) is 26.5 Å². The summed E-state index contributed by atoms with van der Waals surface area (Å²) >= 11 is 1.30. The van der Waals surface area contributed by atoms with Gasteiger partial charge in [0.25, 0.3) is 5.91 Å². The van der Waals surface area contributed by atoms with Crippen LogP contribution in [-0.4, -0.2) is 69.4 Å². The van der Waals surface area contributed by atoms with Crippen molar-refractivity contribution >= 4 is 42.4 Å². The molecule has 33 heavy (non-hydrogen) atoms. The van der Waals surface area contributed by atoms with Gasteiger partial charge in [0.05, 0.1) is 15.1 Å². The van der Waals surface area contributed by atoms with Crippen LogP contribution in [0.2, 0.25) is 0 Å². The fraction of sp³-hybridized carbons (Fsp3) is 0.391. The van der Waals surface area contributed by atoms with Gasteiger partial charge in [0, 0.05) is 19.3 Å². The average molecular weight is 490 g/mol. The first-order valence-electron chi connectivity index (χ1n) is 10.8. The molecule has 3 aromatic rings. The van der Waals surface area contributed by atoms with Crippen LogP contribution in [0.15, 0.2) is 47.4 Å². The third kappa shape index (κ3) is 5.13. The molecule has 0 saturated carbocycles. The van der Waals surface area contributed by atoms with Gasteiger partial charge < -0.3 is 14.4 Å². The average Bonchev–Trinajstić information content (AvgIpc) is 3.23. The number of ether oxygens (including phenoxy) is 2. The van der Waals surface area contributed by atoms with Gasteiger partial charge in [-0.1, -0.05) is 37.3 Å². The molecule has 0 N–H and O–H groups in total. The Morgan fingerprint density at radius 3 is 2.55 bits per heavy atom. The van der Waals surface area contributed by atoms with Gasteiger partial charge in [0.1, 0.15) is 6.61 Å². The summed E-state index contributed by atoms with van der Waals surface area (Å²) in [5, 5.41) is 0.510. The van der Waals surface area contributed by atoms with Crippen molar-refractivity contribution in [2.45, 2.75) is 24.8 Å². The summed E-state index contributed by atoms with van der Waals surface area (Å²) in [6.45, 7) is 7.11. The monoisotopic (exact) mass is 489 g/mol. The lowest BCUT2D eigenvalue weighted by Crippen LogP contribution is -2.48. The minimum atomic E-state index is -3.34. The molecule has 0 spiro atoms. The van der Waals surface area contributed by atoms with E-state index in [1.165, 1.54) is 23.7 Å². The van der Waals surface area contributed by atoms with Crippen LogP contribution in [0.5, 0.6) is 11.5 Å². The van der Waals surface area contributed by atoms with E-state index in [2.05, 4.69) is 23.7 Å². The van der Waals surface area contributed by atoms with Gasteiger partial charge in [-0.05, 0) is 43.4 Å². The lowest BCUT2D eigenvalue weighted by atomic mass is 10.2. The summed E-state index contributed by atoms with van der Waals surface area (Å²) < 4.78 is 36.3. The summed E-state index contributed by atoms with van der Waals surface area (Å²) in [4.78, 5) is 22.3. The number of carbonyl (C=O) groups excluding carboxylic acids is 1. The number of likely N-dealkylation sites (N-methyl/N-ethyl adjacent to an activating group) is 1. The topological polar surface area (TPSA) is 89.0 Å². The second-order valence-corrected chi connectivity index (χ2v) is 10.8. The maximum Gasteiger partial charge on any atom is 0.273 e. The van der Waals surface area contributed by atoms with E-state index >= 15 is 0 Å². The highest BCUT2D eigenvalue weighted by atomic mass is 32.2. The molecule has 1 aliphatic rings. The number of aromatic nitrogens is 1. The Morgan fingerprint density at radius 2 is 1.85 bits per heavy atom. The zero-order valence-electron chi connectivity index (χ0n) is 18.9. The van der Waals surface area contributed by atoms with Gasteiger partial charge in [-0.3, -0.25) is 9.69 Å². The van der Waals surface area contributed by atoms with E-state index in [0.717, 1.165) is 13.1 Å². The van der Waals surface area contributed by atoms with Crippen molar-refractivity contribution < 1.29 is 22.7 Å². The predicted octanol–water partition coefficient (Wildman–Crippen LogP) is 3.21. The fourth-order valence-electron chi connectivity index (χ4n) is 3.64. The Balaban J connectivity index is 1.65. The molecule has 1 aliphatic heterocycles. The molecule has 1 amide bonds. The van der Waals surface area contributed by atoms with Crippen LogP contribution < -0.4 is 14.4 Å². The third-order valence-corrected chi connectivity index (χ3v) is 7.74. The molecule has 1 unspecified atom stereocenters. The predicted molar refractivity (Wildman–Crippen MR) is 129 cm³/mol. The minimum absolute atomic E-state index is 0.112. The first-order valence-corrected chi connectivity index (χ1v) is 13.5. The molecular weight excluding hydrogens is 462 g/mol. The maximum absolute atomic E-state index is 13.6. The minimum Gasteiger partial charge on any atom is -0.485 e. The molecule has 2 heterocycles. The number of sulfone groups is 1. The van der Waals surface area contributed by atoms with E-state index in [4.69, 9.17) is 9.47 Å². The maximum atomic E-state index is 13.6. The number of amides is 1. The number of para-hydroxylation sites is 2. The van der Waals surface area contributed by atoms with E-state index in [9.17, 15) is 13.2 Å². The van der Waals surface area contributed by atoms with Gasteiger partial charge in [0.2, 0.25) is 6.10 Å². The third-order valence-electron chi connectivity index (χ3n) is 5.59. The van der Waals surface area contributed by atoms with E-state index in [-0.39, 0.29) is 17.4 Å². The summed E-state index contributed by atoms with van der Waals surface area (Å²) in [5.41, 5.74) is 0.647. The van der Waals surface area contributed by atoms with Crippen LogP contribution in [0.4, 0.5) is 5.13 Å². The van der Waals surface area contributed by atoms with Crippen molar-refractivity contribution in [3.8, 4) is 11.5 Å². The SMILES string of the molecule is CCN(CC)CCN(C(=O)C1COc2ccccc2O1)c1nc2ccc(S(C)(=O)=O)cc2s1. The molecular formula is C23H27N3O5S2. The second kappa shape index (κ2) is 9.66. The molecule has 0 saturated heterocycles. The smallest absolute Gasteiger partial charge is 0.273 e. The zero-order valence-corrected chi connectivity index (χ0v) is 20.5. The van der Waals surface area contributed by atoms with Crippen molar-refractivity contribution in [3.63, 3.8) is 0 Å². The highest BCUT2D eigenvalue weighted by molar-refractivity contribution is 7.90. The summed E-state index contributed by atoms with van der Waals surface area (Å²) in [6, 6.07) is 12.1. The first kappa shape index (κ1) is 23.5. The molecule has 4 rings (SSSR count). The van der Waals surface area contributed by atoms with Crippen molar-refractivity contribution in [1.82, 2.24) is 9.88 Å². The number of hydrogen-bond acceptors (Lipinski definition) is 8. The molecule has 2 aromatic carbocycles. The van der Waals surface area contributed by atoms with Crippen LogP contribution in [0.3, 0.4) is 0 Å². The molecule has 0 fully saturated rings. The number of hydrogen-bond donors (Lipinski definition) is 0. The van der Waals surface area contributed by atoms with Crippen molar-refractivity contribution in [3.05, 3.63) is 42.5 Å². The largest absolute Gasteiger partial charge is 0.485 e. The lowest BCUT2D eigenvalue weighted by Gasteiger charge is -2.30. The van der Waals surface area contributed by atoms with E-state index < -0.39 is 15.9 Å². The Kier molecular flexibility index (Phi) is 6.87. The number of fused-ring (bicyclic) bond motifs is 2. The van der Waals surface area contributed by atoms with E-state index in [0.29, 0.717) is 39.9 Å². The molecule has 0 aliphatic carbocycles. The van der Waals surface area contributed by atoms with Crippen LogP contribution in [0.1, 0.15) is 13.8 Å². The zero-order chi connectivity index (χ0) is 23.6. The van der Waals surface area contributed by atoms with Crippen molar-refractivity contribution in [2.75, 3.05) is 43.9 Å². The number of benzene rings is 2. The Morgan fingerprint density at radius 1 is 1.12 bits per heavy atom. The lowest BCUT2D eigenvalue weighted by molar-refractivity contribution is -0.127. The van der Waals surface area contributed by atoms with Gasteiger partial charge in [-0.2, -0.15) is 0 Å². The quantitative estimate of drug-likeness (QED) is 0.480. The number of anilines is 1. The van der Waals surface area contributed by atoms with Gasteiger partial charge in [-0.15, -0.1) is 0 Å². The standard InChI is InChI=1S/C23H27N3O5S2/c1-4-25(5-2)12-13-26(22(27)20-15-30-18-8-6-7-9-19(18)31-20)23-24-17-11-10-16(33(3,28)29)14-21(17)32-23/h6-11,14,20H,4-5,12-13,15H2,1-3H3. The highest BCUT2D eigenvalue weighted by Crippen LogP contribution is 2.34. The molecule has 0 bridgehead atoms. The van der Waals surface area contributed by atoms with Gasteiger partial charge >= 0.3 is 0 Å². The van der Waals surface area contributed by atoms with E-state index in [1.807, 2.05) is 12.1 Å². The molecule has 0 radical (unpaired) electrons. The highest BCUT2D eigenvalue weighted by Gasteiger charge is 2.33. The summed E-state index contributed by atoms with van der Waals surface area (Å²) in [7, 11) is -3.34. The van der Waals surface area contributed by atoms with Crippen molar-refractivity contribution in [2.24, 2.45) is 0 Å². The van der Waals surface area contributed by atoms with Crippen LogP contribution in [0.25, 0.3) is 10.2 Å². The van der Waals surface area contributed by atoms with Crippen LogP contribution >= 0.6 is 11.3 Å². The number of thiazole rings is 1. The number of nitrogens with zero attached hydrogens (tertiary/aromatic N) is 3. The molecule has 10 heteroatoms. The Hall–Kier alpha value is -2.69. The van der Waals surface area contributed by atoms with Crippen molar-refractivity contribution in [1.29, 1.82) is 0 Å². The Bertz CT molecular complexity index is 1250. The van der Waals surface area contributed by atoms with Gasteiger partial charge in [-0.25, -0.2) is 13.4 Å². The molecule has 176 valence electrons. The van der Waals surface area contributed by atoms with Crippen LogP contribution in [-0.2, 0) is 14.6 Å². The molecule has 1 aromatic heterocycles. The number of carbonyl (C=O) groups is 1. The van der Waals surface area contributed by atoms with Crippen LogP contribution in [0, 0.1) is 0 Å². The summed E-state index contributed by atoms with van der Waals surface area (Å²) in [5.74, 6) is 0.913.